The van der Waals surface area contributed by atoms with Crippen LogP contribution in [-0.2, 0) is 67.2 Å². The van der Waals surface area contributed by atoms with Gasteiger partial charge in [-0.2, -0.15) is 12.6 Å². The smallest absolute Gasteiger partial charge is 0.327 e. The van der Waals surface area contributed by atoms with Crippen molar-refractivity contribution in [2.75, 3.05) is 18.9 Å². The zero-order valence-corrected chi connectivity index (χ0v) is 39.6. The summed E-state index contributed by atoms with van der Waals surface area (Å²) >= 11 is 4.04. The van der Waals surface area contributed by atoms with E-state index in [1.165, 1.54) is 0 Å². The van der Waals surface area contributed by atoms with Gasteiger partial charge in [0.15, 0.2) is 0 Å². The van der Waals surface area contributed by atoms with E-state index in [2.05, 4.69) is 44.5 Å². The van der Waals surface area contributed by atoms with Crippen LogP contribution in [0.25, 0.3) is 0 Å². The molecule has 4 rings (SSSR count). The fourth-order valence-corrected chi connectivity index (χ4v) is 7.91. The average molecular weight is 1000 g/mol. The molecule has 0 radical (unpaired) electrons. The number of nitrogens with two attached hydrogens (primary N) is 2. The maximum atomic E-state index is 14.5. The Morgan fingerprint density at radius 1 is 0.577 bits per heavy atom. The highest BCUT2D eigenvalue weighted by molar-refractivity contribution is 7.80. The monoisotopic (exact) mass is 1000 g/mol. The van der Waals surface area contributed by atoms with Crippen molar-refractivity contribution in [2.45, 2.75) is 106 Å². The summed E-state index contributed by atoms with van der Waals surface area (Å²) in [5.74, 6) is -9.77. The molecule has 1 heterocycles. The van der Waals surface area contributed by atoms with Gasteiger partial charge in [0, 0.05) is 44.4 Å². The van der Waals surface area contributed by atoms with Gasteiger partial charge in [0.25, 0.3) is 0 Å². The lowest BCUT2D eigenvalue weighted by Gasteiger charge is -2.31. The molecule has 0 saturated carbocycles. The van der Waals surface area contributed by atoms with Crippen molar-refractivity contribution in [3.05, 3.63) is 108 Å². The molecule has 13 N–H and O–H groups in total. The van der Waals surface area contributed by atoms with Crippen molar-refractivity contribution in [2.24, 2.45) is 11.5 Å². The van der Waals surface area contributed by atoms with Gasteiger partial charge in [0.05, 0.1) is 6.61 Å². The van der Waals surface area contributed by atoms with E-state index in [0.717, 1.165) is 4.90 Å². The van der Waals surface area contributed by atoms with Crippen molar-refractivity contribution < 1.29 is 63.3 Å². The minimum atomic E-state index is -1.54. The first-order valence-electron chi connectivity index (χ1n) is 22.8. The van der Waals surface area contributed by atoms with E-state index in [1.807, 2.05) is 0 Å². The van der Waals surface area contributed by atoms with E-state index >= 15 is 0 Å². The van der Waals surface area contributed by atoms with E-state index < -0.39 is 133 Å². The molecular formula is C48H61N9O13S. The second kappa shape index (κ2) is 28.3. The van der Waals surface area contributed by atoms with Crippen LogP contribution in [0, 0.1) is 0 Å². The van der Waals surface area contributed by atoms with Crippen LogP contribution >= 0.6 is 12.6 Å². The number of carbonyl (C=O) groups is 10. The van der Waals surface area contributed by atoms with Crippen LogP contribution in [0.2, 0.25) is 0 Å². The molecule has 382 valence electrons. The fraction of sp³-hybridized carbons (Fsp3) is 0.417. The summed E-state index contributed by atoms with van der Waals surface area (Å²) < 4.78 is 0. The lowest BCUT2D eigenvalue weighted by Crippen LogP contribution is -2.60. The molecule has 0 unspecified atom stereocenters. The van der Waals surface area contributed by atoms with Crippen molar-refractivity contribution in [1.82, 2.24) is 36.8 Å². The molecule has 71 heavy (non-hydrogen) atoms. The Bertz CT molecular complexity index is 2330. The fourth-order valence-electron chi connectivity index (χ4n) is 7.67. The molecule has 22 nitrogen and oxygen atoms in total. The summed E-state index contributed by atoms with van der Waals surface area (Å²) in [6, 6.07) is 14.7. The number of aliphatic hydroxyl groups excluding tert-OH is 1. The van der Waals surface area contributed by atoms with E-state index in [-0.39, 0.29) is 44.4 Å². The number of carboxylic acids is 2. The Morgan fingerprint density at radius 2 is 0.986 bits per heavy atom. The number of hydrogen-bond acceptors (Lipinski definition) is 13. The number of nitrogens with one attached hydrogen (secondary N) is 6. The summed E-state index contributed by atoms with van der Waals surface area (Å²) in [7, 11) is 0. The molecule has 0 aromatic heterocycles. The normalized spacial score (nSPS) is 16.0. The molecule has 1 fully saturated rings. The van der Waals surface area contributed by atoms with E-state index in [9.17, 15) is 63.3 Å². The first-order valence-corrected chi connectivity index (χ1v) is 23.5. The summed E-state index contributed by atoms with van der Waals surface area (Å²) in [6.45, 7) is -0.794. The third kappa shape index (κ3) is 18.1. The molecule has 0 bridgehead atoms. The predicted octanol–water partition coefficient (Wildman–Crippen LogP) is -1.92. The van der Waals surface area contributed by atoms with Gasteiger partial charge in [-0.3, -0.25) is 43.2 Å². The number of primary amides is 1. The summed E-state index contributed by atoms with van der Waals surface area (Å²) in [6.07, 6.45) is -1.63. The lowest BCUT2D eigenvalue weighted by atomic mass is 10.0. The second-order valence-corrected chi connectivity index (χ2v) is 17.2. The largest absolute Gasteiger partial charge is 0.481 e. The van der Waals surface area contributed by atoms with Crippen molar-refractivity contribution in [3.63, 3.8) is 0 Å². The zero-order valence-electron chi connectivity index (χ0n) is 38.7. The van der Waals surface area contributed by atoms with Crippen LogP contribution in [0.1, 0.15) is 55.2 Å². The molecule has 1 aliphatic heterocycles. The van der Waals surface area contributed by atoms with Gasteiger partial charge in [0.2, 0.25) is 47.3 Å². The molecule has 1 aliphatic rings. The van der Waals surface area contributed by atoms with Crippen LogP contribution in [0.15, 0.2) is 91.0 Å². The van der Waals surface area contributed by atoms with Gasteiger partial charge in [-0.15, -0.1) is 0 Å². The molecule has 0 aliphatic carbocycles. The van der Waals surface area contributed by atoms with Crippen molar-refractivity contribution in [3.8, 4) is 0 Å². The first-order chi connectivity index (χ1) is 33.9. The lowest BCUT2D eigenvalue weighted by molar-refractivity contribution is -0.143. The number of likely N-dealkylation sites (tertiary alicyclic amines) is 1. The van der Waals surface area contributed by atoms with Crippen LogP contribution in [0.4, 0.5) is 0 Å². The zero-order chi connectivity index (χ0) is 52.0. The molecule has 3 aromatic carbocycles. The number of benzene rings is 3. The maximum absolute atomic E-state index is 14.5. The number of carbonyl (C=O) groups excluding carboxylic acids is 8. The summed E-state index contributed by atoms with van der Waals surface area (Å²) in [5.41, 5.74) is 12.8. The number of amides is 8. The summed E-state index contributed by atoms with van der Waals surface area (Å²) in [4.78, 5) is 134. The number of hydrogen-bond donors (Lipinski definition) is 12. The third-order valence-corrected chi connectivity index (χ3v) is 11.9. The molecule has 0 spiro atoms. The van der Waals surface area contributed by atoms with Gasteiger partial charge in [-0.05, 0) is 42.4 Å². The number of aliphatic hydroxyl groups is 1. The Balaban J connectivity index is 1.62. The Labute approximate surface area is 414 Å². The Hall–Kier alpha value is -7.37. The number of thiol groups is 1. The molecule has 1 saturated heterocycles. The predicted molar refractivity (Wildman–Crippen MR) is 259 cm³/mol. The van der Waals surface area contributed by atoms with Gasteiger partial charge in [-0.1, -0.05) is 91.0 Å². The van der Waals surface area contributed by atoms with Crippen LogP contribution in [0.3, 0.4) is 0 Å². The Morgan fingerprint density at radius 3 is 1.41 bits per heavy atom. The molecular weight excluding hydrogens is 943 g/mol. The minimum Gasteiger partial charge on any atom is -0.481 e. The number of carboxylic acid groups (broad SMARTS) is 2. The Kier molecular flexibility index (Phi) is 22.4. The average Bonchev–Trinajstić information content (AvgIpc) is 3.85. The van der Waals surface area contributed by atoms with Crippen molar-refractivity contribution >= 4 is 71.8 Å². The summed E-state index contributed by atoms with van der Waals surface area (Å²) in [5, 5.41) is 43.6. The first kappa shape index (κ1) is 56.2. The van der Waals surface area contributed by atoms with E-state index in [1.54, 1.807) is 91.0 Å². The number of nitrogens with zero attached hydrogens (tertiary/aromatic N) is 1. The standard InChI is InChI=1S/C48H61N9O13S/c49-31(26-58)41(62)51-32(19-21-40(60)61)42(63)52-33(18-20-39(50)59)47(68)57-22-10-17-38(57)46(67)55-36(25-30-15-8-3-9-16-30)44(65)53-34(23-28-11-4-1-5-12-28)43(64)54-35(24-29-13-6-2-7-14-29)45(66)56-37(27-71)48(69)70/h1-9,11-16,31-38,58,71H,10,17-27,49H2,(H2,50,59)(H,51,62)(H,52,63)(H,53,65)(H,54,64)(H,55,67)(H,56,66)(H,60,61)(H,69,70)/t31-,32-,33-,34-,35-,36-,37-,38-/m0/s1. The maximum Gasteiger partial charge on any atom is 0.327 e. The highest BCUT2D eigenvalue weighted by Crippen LogP contribution is 2.21. The molecule has 23 heteroatoms. The van der Waals surface area contributed by atoms with Gasteiger partial charge in [0.1, 0.15) is 48.3 Å². The van der Waals surface area contributed by atoms with Gasteiger partial charge < -0.3 is 63.6 Å². The van der Waals surface area contributed by atoms with Gasteiger partial charge in [-0.25, -0.2) is 4.79 Å². The molecule has 3 aromatic rings. The topological polar surface area (TPSA) is 359 Å². The second-order valence-electron chi connectivity index (χ2n) is 16.9. The van der Waals surface area contributed by atoms with Crippen LogP contribution in [0.5, 0.6) is 0 Å². The quantitative estimate of drug-likeness (QED) is 0.0353. The van der Waals surface area contributed by atoms with Gasteiger partial charge >= 0.3 is 11.9 Å². The minimum absolute atomic E-state index is 0.00179. The highest BCUT2D eigenvalue weighted by atomic mass is 32.1. The third-order valence-electron chi connectivity index (χ3n) is 11.5. The highest BCUT2D eigenvalue weighted by Gasteiger charge is 2.40. The van der Waals surface area contributed by atoms with Crippen molar-refractivity contribution in [1.29, 1.82) is 0 Å². The number of rotatable bonds is 28. The molecule has 8 atom stereocenters. The van der Waals surface area contributed by atoms with Crippen LogP contribution in [-0.4, -0.2) is 147 Å². The number of aliphatic carboxylic acids is 2. The van der Waals surface area contributed by atoms with Crippen LogP contribution < -0.4 is 43.4 Å². The molecule has 8 amide bonds. The SMILES string of the molecule is NC(=O)CC[C@H](NC(=O)[C@H](CCC(=O)O)NC(=O)[C@@H](N)CO)C(=O)N1CCC[C@H]1C(=O)N[C@@H](Cc1ccccc1)C(=O)N[C@@H](Cc1ccccc1)C(=O)N[C@@H](Cc1ccccc1)C(=O)N[C@@H](CS)C(=O)O. The van der Waals surface area contributed by atoms with E-state index in [0.29, 0.717) is 23.1 Å². The van der Waals surface area contributed by atoms with E-state index in [4.69, 9.17) is 11.5 Å².